The molecule has 0 spiro atoms. The minimum atomic E-state index is -0.487. The third-order valence-corrected chi connectivity index (χ3v) is 2.97. The molecule has 1 rings (SSSR count). The molecule has 4 heteroatoms. The lowest BCUT2D eigenvalue weighted by Crippen LogP contribution is -2.06. The highest BCUT2D eigenvalue weighted by Gasteiger charge is 2.19. The quantitative estimate of drug-likeness (QED) is 0.608. The molecular weight excluding hydrogens is 232 g/mol. The van der Waals surface area contributed by atoms with Gasteiger partial charge in [-0.15, -0.1) is 0 Å². The average Bonchev–Trinajstić information content (AvgIpc) is 2.39. The molecule has 4 nitrogen and oxygen atoms in total. The van der Waals surface area contributed by atoms with E-state index < -0.39 is 5.97 Å². The number of rotatable bonds is 4. The standard InChI is InChI=1S/C14H18O4/c1-8-9(2)13(17-5)11(7-12(8)16-4)10(3)14(15)18-6/h7H,3H2,1-2,4-6H3. The summed E-state index contributed by atoms with van der Waals surface area (Å²) < 4.78 is 15.3. The summed E-state index contributed by atoms with van der Waals surface area (Å²) in [7, 11) is 4.46. The van der Waals surface area contributed by atoms with E-state index in [1.54, 1.807) is 20.3 Å². The molecule has 1 aromatic carbocycles. The molecule has 0 aliphatic heterocycles. The molecule has 0 aliphatic rings. The molecule has 0 fully saturated rings. The molecular formula is C14H18O4. The van der Waals surface area contributed by atoms with E-state index in [2.05, 4.69) is 11.3 Å². The van der Waals surface area contributed by atoms with Gasteiger partial charge in [-0.1, -0.05) is 6.58 Å². The van der Waals surface area contributed by atoms with Gasteiger partial charge in [-0.25, -0.2) is 4.79 Å². The number of carbonyl (C=O) groups is 1. The molecule has 0 heterocycles. The fourth-order valence-electron chi connectivity index (χ4n) is 1.79. The van der Waals surface area contributed by atoms with Crippen LogP contribution in [0.15, 0.2) is 12.6 Å². The highest BCUT2D eigenvalue weighted by Crippen LogP contribution is 2.36. The van der Waals surface area contributed by atoms with Gasteiger partial charge in [0.25, 0.3) is 0 Å². The van der Waals surface area contributed by atoms with Crippen LogP contribution < -0.4 is 9.47 Å². The Bertz CT molecular complexity index is 489. The lowest BCUT2D eigenvalue weighted by molar-refractivity contribution is -0.133. The van der Waals surface area contributed by atoms with Crippen molar-refractivity contribution in [1.82, 2.24) is 0 Å². The van der Waals surface area contributed by atoms with Gasteiger partial charge in [0.15, 0.2) is 0 Å². The van der Waals surface area contributed by atoms with E-state index in [1.807, 2.05) is 13.8 Å². The van der Waals surface area contributed by atoms with Crippen molar-refractivity contribution in [2.45, 2.75) is 13.8 Å². The predicted molar refractivity (Wildman–Crippen MR) is 70.1 cm³/mol. The first-order valence-electron chi connectivity index (χ1n) is 5.47. The van der Waals surface area contributed by atoms with E-state index >= 15 is 0 Å². The summed E-state index contributed by atoms with van der Waals surface area (Å²) >= 11 is 0. The summed E-state index contributed by atoms with van der Waals surface area (Å²) in [6, 6.07) is 1.74. The van der Waals surface area contributed by atoms with Crippen molar-refractivity contribution in [3.8, 4) is 11.5 Å². The Morgan fingerprint density at radius 2 is 1.72 bits per heavy atom. The maximum Gasteiger partial charge on any atom is 0.337 e. The van der Waals surface area contributed by atoms with Gasteiger partial charge in [-0.05, 0) is 31.0 Å². The monoisotopic (exact) mass is 250 g/mol. The Balaban J connectivity index is 3.47. The Hall–Kier alpha value is -1.97. The van der Waals surface area contributed by atoms with Gasteiger partial charge >= 0.3 is 5.97 Å². The zero-order valence-corrected chi connectivity index (χ0v) is 11.4. The first-order valence-corrected chi connectivity index (χ1v) is 5.47. The maximum atomic E-state index is 11.6. The fraction of sp³-hybridized carbons (Fsp3) is 0.357. The van der Waals surface area contributed by atoms with E-state index in [1.165, 1.54) is 7.11 Å². The highest BCUT2D eigenvalue weighted by molar-refractivity contribution is 6.16. The number of ether oxygens (including phenoxy) is 3. The van der Waals surface area contributed by atoms with Crippen molar-refractivity contribution in [3.63, 3.8) is 0 Å². The van der Waals surface area contributed by atoms with Crippen LogP contribution in [-0.2, 0) is 9.53 Å². The summed E-state index contributed by atoms with van der Waals surface area (Å²) in [6.07, 6.45) is 0. The predicted octanol–water partition coefficient (Wildman–Crippen LogP) is 2.51. The minimum absolute atomic E-state index is 0.246. The van der Waals surface area contributed by atoms with Crippen LogP contribution in [0, 0.1) is 13.8 Å². The second kappa shape index (κ2) is 5.58. The summed E-state index contributed by atoms with van der Waals surface area (Å²) in [6.45, 7) is 7.58. The van der Waals surface area contributed by atoms with Crippen LogP contribution in [0.2, 0.25) is 0 Å². The number of benzene rings is 1. The summed E-state index contributed by atoms with van der Waals surface area (Å²) in [5.74, 6) is 0.815. The lowest BCUT2D eigenvalue weighted by atomic mass is 9.98. The number of methoxy groups -OCH3 is 3. The van der Waals surface area contributed by atoms with Crippen molar-refractivity contribution in [2.75, 3.05) is 21.3 Å². The maximum absolute atomic E-state index is 11.6. The normalized spacial score (nSPS) is 9.83. The molecule has 0 atom stereocenters. The van der Waals surface area contributed by atoms with Crippen molar-refractivity contribution in [2.24, 2.45) is 0 Å². The third kappa shape index (κ3) is 2.32. The molecule has 0 saturated carbocycles. The molecule has 0 aliphatic carbocycles. The minimum Gasteiger partial charge on any atom is -0.496 e. The summed E-state index contributed by atoms with van der Waals surface area (Å²) in [5.41, 5.74) is 2.72. The van der Waals surface area contributed by atoms with Gasteiger partial charge in [0.05, 0.1) is 26.9 Å². The fourth-order valence-corrected chi connectivity index (χ4v) is 1.79. The molecule has 0 aromatic heterocycles. The van der Waals surface area contributed by atoms with Crippen LogP contribution in [0.25, 0.3) is 5.57 Å². The van der Waals surface area contributed by atoms with Crippen molar-refractivity contribution in [3.05, 3.63) is 29.3 Å². The van der Waals surface area contributed by atoms with Crippen LogP contribution >= 0.6 is 0 Å². The van der Waals surface area contributed by atoms with Crippen molar-refractivity contribution < 1.29 is 19.0 Å². The van der Waals surface area contributed by atoms with Crippen LogP contribution in [0.1, 0.15) is 16.7 Å². The molecule has 0 unspecified atom stereocenters. The Kier molecular flexibility index (Phi) is 4.37. The van der Waals surface area contributed by atoms with Crippen molar-refractivity contribution in [1.29, 1.82) is 0 Å². The van der Waals surface area contributed by atoms with E-state index in [-0.39, 0.29) is 5.57 Å². The Morgan fingerprint density at radius 3 is 2.17 bits per heavy atom. The lowest BCUT2D eigenvalue weighted by Gasteiger charge is -2.17. The molecule has 0 amide bonds. The van der Waals surface area contributed by atoms with Gasteiger partial charge in [-0.3, -0.25) is 0 Å². The SMILES string of the molecule is C=C(C(=O)OC)c1cc(OC)c(C)c(C)c1OC. The molecule has 18 heavy (non-hydrogen) atoms. The van der Waals surface area contributed by atoms with Gasteiger partial charge in [0.1, 0.15) is 11.5 Å². The smallest absolute Gasteiger partial charge is 0.337 e. The molecule has 98 valence electrons. The van der Waals surface area contributed by atoms with E-state index in [0.29, 0.717) is 17.1 Å². The summed E-state index contributed by atoms with van der Waals surface area (Å²) in [5, 5.41) is 0. The zero-order valence-electron chi connectivity index (χ0n) is 11.4. The largest absolute Gasteiger partial charge is 0.496 e. The molecule has 0 N–H and O–H groups in total. The van der Waals surface area contributed by atoms with Crippen LogP contribution in [0.4, 0.5) is 0 Å². The van der Waals surface area contributed by atoms with Crippen LogP contribution in [0.3, 0.4) is 0 Å². The number of hydrogen-bond donors (Lipinski definition) is 0. The number of hydrogen-bond acceptors (Lipinski definition) is 4. The van der Waals surface area contributed by atoms with E-state index in [0.717, 1.165) is 11.1 Å². The van der Waals surface area contributed by atoms with Gasteiger partial charge in [0, 0.05) is 5.56 Å². The van der Waals surface area contributed by atoms with Gasteiger partial charge in [0.2, 0.25) is 0 Å². The first kappa shape index (κ1) is 14.1. The van der Waals surface area contributed by atoms with Gasteiger partial charge < -0.3 is 14.2 Å². The van der Waals surface area contributed by atoms with Crippen LogP contribution in [-0.4, -0.2) is 27.3 Å². The van der Waals surface area contributed by atoms with Crippen molar-refractivity contribution >= 4 is 11.5 Å². The summed E-state index contributed by atoms with van der Waals surface area (Å²) in [4.78, 5) is 11.6. The number of esters is 1. The van der Waals surface area contributed by atoms with E-state index in [9.17, 15) is 4.79 Å². The van der Waals surface area contributed by atoms with Gasteiger partial charge in [-0.2, -0.15) is 0 Å². The Labute approximate surface area is 107 Å². The third-order valence-electron chi connectivity index (χ3n) is 2.97. The van der Waals surface area contributed by atoms with E-state index in [4.69, 9.17) is 9.47 Å². The highest BCUT2D eigenvalue weighted by atomic mass is 16.5. The van der Waals surface area contributed by atoms with Crippen LogP contribution in [0.5, 0.6) is 11.5 Å². The molecule has 1 aromatic rings. The first-order chi connectivity index (χ1) is 8.47. The zero-order chi connectivity index (χ0) is 13.9. The number of carbonyl (C=O) groups excluding carboxylic acids is 1. The topological polar surface area (TPSA) is 44.8 Å². The Morgan fingerprint density at radius 1 is 1.11 bits per heavy atom. The average molecular weight is 250 g/mol. The second-order valence-electron chi connectivity index (χ2n) is 3.88. The molecule has 0 saturated heterocycles. The molecule has 0 bridgehead atoms. The second-order valence-corrected chi connectivity index (χ2v) is 3.88. The molecule has 0 radical (unpaired) electrons.